The molecule has 116 valence electrons. The van der Waals surface area contributed by atoms with Gasteiger partial charge in [0.25, 0.3) is 0 Å². The van der Waals surface area contributed by atoms with E-state index in [1.165, 1.54) is 42.5 Å². The summed E-state index contributed by atoms with van der Waals surface area (Å²) >= 11 is 0. The molecule has 0 spiro atoms. The number of carbonyl (C=O) groups is 1. The average Bonchev–Trinajstić information content (AvgIpc) is 2.98. The van der Waals surface area contributed by atoms with Gasteiger partial charge in [0.15, 0.2) is 0 Å². The molecule has 0 saturated heterocycles. The van der Waals surface area contributed by atoms with Crippen molar-refractivity contribution in [1.82, 2.24) is 10.1 Å². The number of carbonyl (C=O) groups excluding carboxylic acids is 1. The zero-order chi connectivity index (χ0) is 16.2. The number of halogens is 2. The summed E-state index contributed by atoms with van der Waals surface area (Å²) in [6, 6.07) is 11.1. The number of hydrogen-bond donors (Lipinski definition) is 1. The second-order valence-corrected chi connectivity index (χ2v) is 4.75. The molecule has 2 aromatic carbocycles. The van der Waals surface area contributed by atoms with Crippen LogP contribution in [-0.2, 0) is 11.2 Å². The fourth-order valence-corrected chi connectivity index (χ4v) is 1.95. The Balaban J connectivity index is 1.66. The van der Waals surface area contributed by atoms with E-state index in [1.54, 1.807) is 6.07 Å². The van der Waals surface area contributed by atoms with Crippen molar-refractivity contribution < 1.29 is 18.1 Å². The fourth-order valence-electron chi connectivity index (χ4n) is 1.95. The summed E-state index contributed by atoms with van der Waals surface area (Å²) in [6.45, 7) is 0. The van der Waals surface area contributed by atoms with Gasteiger partial charge in [-0.15, -0.1) is 0 Å². The van der Waals surface area contributed by atoms with Crippen molar-refractivity contribution in [3.05, 3.63) is 66.1 Å². The van der Waals surface area contributed by atoms with Crippen LogP contribution in [0.15, 0.2) is 53.1 Å². The molecule has 7 heteroatoms. The molecule has 0 aliphatic heterocycles. The zero-order valence-electron chi connectivity index (χ0n) is 11.8. The Morgan fingerprint density at radius 1 is 1.09 bits per heavy atom. The Bertz CT molecular complexity index is 831. The molecule has 1 amide bonds. The highest BCUT2D eigenvalue weighted by molar-refractivity contribution is 5.91. The molecule has 1 N–H and O–H groups in total. The summed E-state index contributed by atoms with van der Waals surface area (Å²) in [5.41, 5.74) is 0.917. The number of nitrogens with zero attached hydrogens (tertiary/aromatic N) is 2. The predicted octanol–water partition coefficient (Wildman–Crippen LogP) is 3.20. The molecule has 5 nitrogen and oxygen atoms in total. The van der Waals surface area contributed by atoms with Gasteiger partial charge in [-0.1, -0.05) is 17.3 Å². The number of hydrogen-bond acceptors (Lipinski definition) is 4. The summed E-state index contributed by atoms with van der Waals surface area (Å²) in [7, 11) is 0. The van der Waals surface area contributed by atoms with E-state index in [1.807, 2.05) is 0 Å². The molecule has 0 radical (unpaired) electrons. The Labute approximate surface area is 130 Å². The van der Waals surface area contributed by atoms with Crippen LogP contribution in [0.1, 0.15) is 5.89 Å². The Hall–Kier alpha value is -3.09. The minimum absolute atomic E-state index is 0.101. The van der Waals surface area contributed by atoms with Gasteiger partial charge in [-0.25, -0.2) is 8.78 Å². The van der Waals surface area contributed by atoms with Crippen LogP contribution in [0.3, 0.4) is 0 Å². The lowest BCUT2D eigenvalue weighted by Crippen LogP contribution is -2.14. The molecule has 0 atom stereocenters. The van der Waals surface area contributed by atoms with Crippen LogP contribution in [0.2, 0.25) is 0 Å². The monoisotopic (exact) mass is 315 g/mol. The first-order chi connectivity index (χ1) is 11.1. The molecule has 0 saturated carbocycles. The maximum atomic E-state index is 13.2. The first kappa shape index (κ1) is 14.8. The molecule has 0 aliphatic rings. The molecule has 0 unspecified atom stereocenters. The molecule has 0 aliphatic carbocycles. The summed E-state index contributed by atoms with van der Waals surface area (Å²) < 4.78 is 30.9. The molecular weight excluding hydrogens is 304 g/mol. The fraction of sp³-hybridized carbons (Fsp3) is 0.0625. The molecular formula is C16H11F2N3O2. The van der Waals surface area contributed by atoms with E-state index in [0.717, 1.165) is 0 Å². The van der Waals surface area contributed by atoms with Crippen LogP contribution >= 0.6 is 0 Å². The predicted molar refractivity (Wildman–Crippen MR) is 78.4 cm³/mol. The SMILES string of the molecule is O=C(Cc1nc(-c2cccc(F)c2)no1)Nc1ccc(F)cc1. The largest absolute Gasteiger partial charge is 0.338 e. The first-order valence-corrected chi connectivity index (χ1v) is 6.74. The highest BCUT2D eigenvalue weighted by Crippen LogP contribution is 2.17. The first-order valence-electron chi connectivity index (χ1n) is 6.74. The molecule has 1 aromatic heterocycles. The summed E-state index contributed by atoms with van der Waals surface area (Å²) in [5.74, 6) is -0.883. The van der Waals surface area contributed by atoms with Gasteiger partial charge in [0.05, 0.1) is 0 Å². The van der Waals surface area contributed by atoms with Crippen LogP contribution in [0.25, 0.3) is 11.4 Å². The van der Waals surface area contributed by atoms with Crippen LogP contribution in [-0.4, -0.2) is 16.0 Å². The highest BCUT2D eigenvalue weighted by Gasteiger charge is 2.13. The van der Waals surface area contributed by atoms with Crippen LogP contribution < -0.4 is 5.32 Å². The lowest BCUT2D eigenvalue weighted by atomic mass is 10.2. The number of benzene rings is 2. The number of anilines is 1. The molecule has 3 aromatic rings. The standard InChI is InChI=1S/C16H11F2N3O2/c17-11-4-6-13(7-5-11)19-14(22)9-15-20-16(21-23-15)10-2-1-3-12(18)8-10/h1-8H,9H2,(H,19,22). The van der Waals surface area contributed by atoms with E-state index in [9.17, 15) is 13.6 Å². The van der Waals surface area contributed by atoms with Crippen molar-refractivity contribution in [3.63, 3.8) is 0 Å². The second-order valence-electron chi connectivity index (χ2n) is 4.75. The Morgan fingerprint density at radius 3 is 2.61 bits per heavy atom. The van der Waals surface area contributed by atoms with Gasteiger partial charge < -0.3 is 9.84 Å². The van der Waals surface area contributed by atoms with Gasteiger partial charge in [0.2, 0.25) is 17.6 Å². The highest BCUT2D eigenvalue weighted by atomic mass is 19.1. The van der Waals surface area contributed by atoms with Crippen molar-refractivity contribution in [3.8, 4) is 11.4 Å². The van der Waals surface area contributed by atoms with Gasteiger partial charge in [-0.3, -0.25) is 4.79 Å². The van der Waals surface area contributed by atoms with Crippen molar-refractivity contribution in [2.75, 3.05) is 5.32 Å². The van der Waals surface area contributed by atoms with E-state index in [0.29, 0.717) is 11.3 Å². The normalized spacial score (nSPS) is 10.5. The minimum Gasteiger partial charge on any atom is -0.338 e. The third-order valence-corrected chi connectivity index (χ3v) is 2.99. The lowest BCUT2D eigenvalue weighted by molar-refractivity contribution is -0.115. The van der Waals surface area contributed by atoms with Crippen LogP contribution in [0.4, 0.5) is 14.5 Å². The Morgan fingerprint density at radius 2 is 1.87 bits per heavy atom. The number of aromatic nitrogens is 2. The molecule has 23 heavy (non-hydrogen) atoms. The minimum atomic E-state index is -0.414. The van der Waals surface area contributed by atoms with Gasteiger partial charge in [-0.05, 0) is 36.4 Å². The smallest absolute Gasteiger partial charge is 0.236 e. The molecule has 3 rings (SSSR count). The van der Waals surface area contributed by atoms with Crippen LogP contribution in [0, 0.1) is 11.6 Å². The second kappa shape index (κ2) is 6.35. The molecule has 1 heterocycles. The van der Waals surface area contributed by atoms with Crippen molar-refractivity contribution in [2.24, 2.45) is 0 Å². The average molecular weight is 315 g/mol. The Kier molecular flexibility index (Phi) is 4.09. The number of rotatable bonds is 4. The quantitative estimate of drug-likeness (QED) is 0.803. The summed E-state index contributed by atoms with van der Waals surface area (Å²) in [6.07, 6.45) is -0.139. The van der Waals surface area contributed by atoms with E-state index in [4.69, 9.17) is 4.52 Å². The summed E-state index contributed by atoms with van der Waals surface area (Å²) in [5, 5.41) is 6.30. The van der Waals surface area contributed by atoms with Gasteiger partial charge >= 0.3 is 0 Å². The van der Waals surface area contributed by atoms with Gasteiger partial charge in [-0.2, -0.15) is 4.98 Å². The van der Waals surface area contributed by atoms with Gasteiger partial charge in [0, 0.05) is 11.3 Å². The van der Waals surface area contributed by atoms with Crippen molar-refractivity contribution >= 4 is 11.6 Å². The number of amides is 1. The molecule has 0 bridgehead atoms. The number of nitrogens with one attached hydrogen (secondary N) is 1. The third kappa shape index (κ3) is 3.76. The maximum Gasteiger partial charge on any atom is 0.236 e. The van der Waals surface area contributed by atoms with E-state index >= 15 is 0 Å². The topological polar surface area (TPSA) is 68.0 Å². The third-order valence-electron chi connectivity index (χ3n) is 2.99. The van der Waals surface area contributed by atoms with E-state index in [2.05, 4.69) is 15.5 Å². The maximum absolute atomic E-state index is 13.2. The molecule has 0 fully saturated rings. The zero-order valence-corrected chi connectivity index (χ0v) is 11.8. The van der Waals surface area contributed by atoms with Crippen LogP contribution in [0.5, 0.6) is 0 Å². The lowest BCUT2D eigenvalue weighted by Gasteiger charge is -2.02. The van der Waals surface area contributed by atoms with E-state index in [-0.39, 0.29) is 29.9 Å². The summed E-state index contributed by atoms with van der Waals surface area (Å²) in [4.78, 5) is 15.9. The van der Waals surface area contributed by atoms with Crippen molar-refractivity contribution in [2.45, 2.75) is 6.42 Å². The van der Waals surface area contributed by atoms with E-state index < -0.39 is 5.82 Å². The van der Waals surface area contributed by atoms with Crippen molar-refractivity contribution in [1.29, 1.82) is 0 Å². The van der Waals surface area contributed by atoms with Gasteiger partial charge in [0.1, 0.15) is 18.1 Å².